The monoisotopic (exact) mass is 233 g/mol. The molecule has 3 heteroatoms. The number of benzene rings is 1. The van der Waals surface area contributed by atoms with Gasteiger partial charge in [0.1, 0.15) is 5.75 Å². The normalized spacial score (nSPS) is 17.3. The molecular formula is C14H19NO2. The van der Waals surface area contributed by atoms with Crippen LogP contribution in [0.5, 0.6) is 5.75 Å². The SMILES string of the molecule is CCCOc1ccccc1C(=O)C1(N)CCC1. The van der Waals surface area contributed by atoms with Gasteiger partial charge in [0, 0.05) is 0 Å². The van der Waals surface area contributed by atoms with E-state index in [0.29, 0.717) is 17.9 Å². The van der Waals surface area contributed by atoms with Crippen molar-refractivity contribution in [2.45, 2.75) is 38.1 Å². The number of hydrogen-bond donors (Lipinski definition) is 1. The third-order valence-electron chi connectivity index (χ3n) is 3.29. The average Bonchev–Trinajstić information content (AvgIpc) is 2.33. The molecule has 0 bridgehead atoms. The number of nitrogens with two attached hydrogens (primary N) is 1. The zero-order valence-electron chi connectivity index (χ0n) is 10.2. The number of Topliss-reactive ketones (excluding diaryl/α,β-unsaturated/α-hetero) is 1. The predicted octanol–water partition coefficient (Wildman–Crippen LogP) is 2.54. The van der Waals surface area contributed by atoms with Crippen LogP contribution >= 0.6 is 0 Å². The Morgan fingerprint density at radius 1 is 1.41 bits per heavy atom. The van der Waals surface area contributed by atoms with Crippen molar-refractivity contribution in [3.05, 3.63) is 29.8 Å². The first-order chi connectivity index (χ1) is 8.17. The fraction of sp³-hybridized carbons (Fsp3) is 0.500. The molecule has 0 heterocycles. The third kappa shape index (κ3) is 2.34. The van der Waals surface area contributed by atoms with E-state index in [4.69, 9.17) is 10.5 Å². The highest BCUT2D eigenvalue weighted by atomic mass is 16.5. The van der Waals surface area contributed by atoms with Gasteiger partial charge in [0.05, 0.1) is 17.7 Å². The molecule has 0 amide bonds. The fourth-order valence-electron chi connectivity index (χ4n) is 2.05. The topological polar surface area (TPSA) is 52.3 Å². The van der Waals surface area contributed by atoms with E-state index in [1.165, 1.54) is 0 Å². The van der Waals surface area contributed by atoms with E-state index >= 15 is 0 Å². The second-order valence-electron chi connectivity index (χ2n) is 4.68. The highest BCUT2D eigenvalue weighted by Gasteiger charge is 2.41. The molecule has 2 rings (SSSR count). The summed E-state index contributed by atoms with van der Waals surface area (Å²) < 4.78 is 5.59. The first kappa shape index (κ1) is 12.1. The van der Waals surface area contributed by atoms with Crippen molar-refractivity contribution in [3.63, 3.8) is 0 Å². The minimum atomic E-state index is -0.647. The smallest absolute Gasteiger partial charge is 0.186 e. The van der Waals surface area contributed by atoms with Crippen LogP contribution < -0.4 is 10.5 Å². The van der Waals surface area contributed by atoms with Gasteiger partial charge in [0.2, 0.25) is 0 Å². The van der Waals surface area contributed by atoms with Crippen LogP contribution in [-0.4, -0.2) is 17.9 Å². The maximum absolute atomic E-state index is 12.3. The van der Waals surface area contributed by atoms with E-state index in [1.807, 2.05) is 25.1 Å². The number of para-hydroxylation sites is 1. The van der Waals surface area contributed by atoms with E-state index in [-0.39, 0.29) is 5.78 Å². The van der Waals surface area contributed by atoms with E-state index in [2.05, 4.69) is 0 Å². The summed E-state index contributed by atoms with van der Waals surface area (Å²) in [5.74, 6) is 0.687. The van der Waals surface area contributed by atoms with Gasteiger partial charge in [-0.1, -0.05) is 19.1 Å². The maximum atomic E-state index is 12.3. The molecule has 0 radical (unpaired) electrons. The Kier molecular flexibility index (Phi) is 3.48. The molecule has 3 nitrogen and oxygen atoms in total. The van der Waals surface area contributed by atoms with E-state index in [1.54, 1.807) is 6.07 Å². The maximum Gasteiger partial charge on any atom is 0.186 e. The Hall–Kier alpha value is -1.35. The standard InChI is InChI=1S/C14H19NO2/c1-2-10-17-12-7-4-3-6-11(12)13(16)14(15)8-5-9-14/h3-4,6-7H,2,5,8-10,15H2,1H3. The van der Waals surface area contributed by atoms with Crippen LogP contribution in [0.4, 0.5) is 0 Å². The molecule has 17 heavy (non-hydrogen) atoms. The lowest BCUT2D eigenvalue weighted by Gasteiger charge is -2.36. The van der Waals surface area contributed by atoms with Crippen molar-refractivity contribution in [3.8, 4) is 5.75 Å². The number of carbonyl (C=O) groups is 1. The molecule has 0 aliphatic heterocycles. The summed E-state index contributed by atoms with van der Waals surface area (Å²) in [6.45, 7) is 2.67. The number of rotatable bonds is 5. The minimum absolute atomic E-state index is 0.0236. The summed E-state index contributed by atoms with van der Waals surface area (Å²) in [5.41, 5.74) is 6.05. The summed E-state index contributed by atoms with van der Waals surface area (Å²) in [4.78, 5) is 12.3. The third-order valence-corrected chi connectivity index (χ3v) is 3.29. The molecule has 1 saturated carbocycles. The van der Waals surface area contributed by atoms with Crippen molar-refractivity contribution >= 4 is 5.78 Å². The van der Waals surface area contributed by atoms with Crippen LogP contribution in [0.1, 0.15) is 43.0 Å². The Morgan fingerprint density at radius 3 is 2.71 bits per heavy atom. The molecule has 2 N–H and O–H groups in total. The first-order valence-corrected chi connectivity index (χ1v) is 6.23. The number of ether oxygens (including phenoxy) is 1. The van der Waals surface area contributed by atoms with E-state index in [0.717, 1.165) is 25.7 Å². The van der Waals surface area contributed by atoms with Crippen molar-refractivity contribution in [1.82, 2.24) is 0 Å². The Bertz CT molecular complexity index is 410. The minimum Gasteiger partial charge on any atom is -0.493 e. The summed E-state index contributed by atoms with van der Waals surface area (Å²) in [6.07, 6.45) is 3.54. The van der Waals surface area contributed by atoms with Crippen molar-refractivity contribution in [2.24, 2.45) is 5.73 Å². The highest BCUT2D eigenvalue weighted by Crippen LogP contribution is 2.34. The lowest BCUT2D eigenvalue weighted by molar-refractivity contribution is 0.0796. The summed E-state index contributed by atoms with van der Waals surface area (Å²) in [5, 5.41) is 0. The Labute approximate surface area is 102 Å². The zero-order chi connectivity index (χ0) is 12.3. The average molecular weight is 233 g/mol. The predicted molar refractivity (Wildman–Crippen MR) is 67.3 cm³/mol. The van der Waals surface area contributed by atoms with Gasteiger partial charge >= 0.3 is 0 Å². The Morgan fingerprint density at radius 2 is 2.12 bits per heavy atom. The molecule has 0 unspecified atom stereocenters. The Balaban J connectivity index is 2.22. The summed E-state index contributed by atoms with van der Waals surface area (Å²) >= 11 is 0. The van der Waals surface area contributed by atoms with E-state index in [9.17, 15) is 4.79 Å². The highest BCUT2D eigenvalue weighted by molar-refractivity contribution is 6.05. The van der Waals surface area contributed by atoms with Crippen LogP contribution in [0.3, 0.4) is 0 Å². The molecule has 1 aliphatic rings. The number of ketones is 1. The van der Waals surface area contributed by atoms with E-state index < -0.39 is 5.54 Å². The van der Waals surface area contributed by atoms with Crippen LogP contribution in [0.15, 0.2) is 24.3 Å². The van der Waals surface area contributed by atoms with Gasteiger partial charge in [-0.25, -0.2) is 0 Å². The van der Waals surface area contributed by atoms with Gasteiger partial charge in [-0.05, 0) is 37.8 Å². The fourth-order valence-corrected chi connectivity index (χ4v) is 2.05. The molecule has 1 aliphatic carbocycles. The van der Waals surface area contributed by atoms with Crippen LogP contribution in [0, 0.1) is 0 Å². The molecule has 0 aromatic heterocycles. The summed E-state index contributed by atoms with van der Waals surface area (Å²) in [7, 11) is 0. The van der Waals surface area contributed by atoms with Gasteiger partial charge in [0.25, 0.3) is 0 Å². The van der Waals surface area contributed by atoms with Crippen molar-refractivity contribution in [1.29, 1.82) is 0 Å². The molecular weight excluding hydrogens is 214 g/mol. The van der Waals surface area contributed by atoms with Gasteiger partial charge in [-0.15, -0.1) is 0 Å². The second kappa shape index (κ2) is 4.88. The molecule has 0 saturated heterocycles. The van der Waals surface area contributed by atoms with Crippen molar-refractivity contribution in [2.75, 3.05) is 6.61 Å². The molecule has 1 fully saturated rings. The second-order valence-corrected chi connectivity index (χ2v) is 4.68. The van der Waals surface area contributed by atoms with Crippen molar-refractivity contribution < 1.29 is 9.53 Å². The van der Waals surface area contributed by atoms with Gasteiger partial charge < -0.3 is 10.5 Å². The van der Waals surface area contributed by atoms with Crippen LogP contribution in [0.2, 0.25) is 0 Å². The van der Waals surface area contributed by atoms with Gasteiger partial charge in [0.15, 0.2) is 5.78 Å². The largest absolute Gasteiger partial charge is 0.493 e. The van der Waals surface area contributed by atoms with Gasteiger partial charge in [-0.3, -0.25) is 4.79 Å². The first-order valence-electron chi connectivity index (χ1n) is 6.23. The van der Waals surface area contributed by atoms with Crippen LogP contribution in [0.25, 0.3) is 0 Å². The quantitative estimate of drug-likeness (QED) is 0.795. The molecule has 92 valence electrons. The van der Waals surface area contributed by atoms with Gasteiger partial charge in [-0.2, -0.15) is 0 Å². The summed E-state index contributed by atoms with van der Waals surface area (Å²) in [6, 6.07) is 7.38. The molecule has 0 spiro atoms. The number of hydrogen-bond acceptors (Lipinski definition) is 3. The lowest BCUT2D eigenvalue weighted by Crippen LogP contribution is -2.53. The molecule has 1 aromatic carbocycles. The molecule has 1 aromatic rings. The van der Waals surface area contributed by atoms with Crippen LogP contribution in [-0.2, 0) is 0 Å². The lowest BCUT2D eigenvalue weighted by atomic mass is 9.72. The number of carbonyl (C=O) groups excluding carboxylic acids is 1. The zero-order valence-corrected chi connectivity index (χ0v) is 10.2. The molecule has 0 atom stereocenters.